The number of nitrogens with zero attached hydrogens (tertiary/aromatic N) is 2. The number of hydrogen-bond donors (Lipinski definition) is 1. The molecule has 3 rings (SSSR count). The number of benzene rings is 1. The second-order valence-electron chi connectivity index (χ2n) is 7.08. The van der Waals surface area contributed by atoms with E-state index in [2.05, 4.69) is 24.0 Å². The average molecular weight is 334 g/mol. The Bertz CT molecular complexity index is 542. The number of likely N-dealkylation sites (tertiary alicyclic amines) is 1. The number of nitrogens with two attached hydrogens (primary N) is 1. The Morgan fingerprint density at radius 3 is 2.52 bits per heavy atom. The molecule has 23 heavy (non-hydrogen) atoms. The van der Waals surface area contributed by atoms with E-state index >= 15 is 0 Å². The Labute approximate surface area is 143 Å². The van der Waals surface area contributed by atoms with Gasteiger partial charge in [0.05, 0.1) is 0 Å². The SMILES string of the molecule is CC1(CN)CCN(C(=O)c2ccc(CN3CCSCC3)cc2)C1. The van der Waals surface area contributed by atoms with Gasteiger partial charge in [-0.25, -0.2) is 0 Å². The Hall–Kier alpha value is -1.04. The first-order valence-electron chi connectivity index (χ1n) is 8.48. The molecule has 1 amide bonds. The van der Waals surface area contributed by atoms with Gasteiger partial charge in [-0.2, -0.15) is 11.8 Å². The lowest BCUT2D eigenvalue weighted by molar-refractivity contribution is 0.0777. The molecule has 0 saturated carbocycles. The van der Waals surface area contributed by atoms with Gasteiger partial charge in [0, 0.05) is 49.8 Å². The molecule has 126 valence electrons. The molecule has 5 heteroatoms. The van der Waals surface area contributed by atoms with Gasteiger partial charge >= 0.3 is 0 Å². The standard InChI is InChI=1S/C18H27N3OS/c1-18(13-19)6-7-21(14-18)17(22)16-4-2-15(3-5-16)12-20-8-10-23-11-9-20/h2-5H,6-14,19H2,1H3. The van der Waals surface area contributed by atoms with Crippen molar-refractivity contribution in [2.75, 3.05) is 44.2 Å². The molecule has 2 aliphatic rings. The summed E-state index contributed by atoms with van der Waals surface area (Å²) >= 11 is 2.03. The molecule has 2 N–H and O–H groups in total. The van der Waals surface area contributed by atoms with Gasteiger partial charge in [-0.3, -0.25) is 9.69 Å². The highest BCUT2D eigenvalue weighted by atomic mass is 32.2. The van der Waals surface area contributed by atoms with Crippen molar-refractivity contribution in [1.29, 1.82) is 0 Å². The van der Waals surface area contributed by atoms with Gasteiger partial charge in [-0.1, -0.05) is 19.1 Å². The van der Waals surface area contributed by atoms with E-state index in [-0.39, 0.29) is 11.3 Å². The minimum atomic E-state index is 0.0852. The second-order valence-corrected chi connectivity index (χ2v) is 8.30. The summed E-state index contributed by atoms with van der Waals surface area (Å²) in [5, 5.41) is 0. The van der Waals surface area contributed by atoms with E-state index < -0.39 is 0 Å². The lowest BCUT2D eigenvalue weighted by atomic mass is 9.90. The first-order chi connectivity index (χ1) is 11.1. The van der Waals surface area contributed by atoms with Crippen molar-refractivity contribution < 1.29 is 4.79 Å². The van der Waals surface area contributed by atoms with Crippen LogP contribution in [0.3, 0.4) is 0 Å². The molecule has 1 aromatic carbocycles. The highest BCUT2D eigenvalue weighted by molar-refractivity contribution is 7.99. The molecule has 4 nitrogen and oxygen atoms in total. The summed E-state index contributed by atoms with van der Waals surface area (Å²) in [6.07, 6.45) is 1.00. The fourth-order valence-corrected chi connectivity index (χ4v) is 4.30. The van der Waals surface area contributed by atoms with Gasteiger partial charge in [0.1, 0.15) is 0 Å². The summed E-state index contributed by atoms with van der Waals surface area (Å²) in [4.78, 5) is 17.1. The van der Waals surface area contributed by atoms with Crippen molar-refractivity contribution in [1.82, 2.24) is 9.80 Å². The predicted octanol–water partition coefficient (Wildman–Crippen LogP) is 2.05. The third-order valence-corrected chi connectivity index (χ3v) is 5.99. The first-order valence-corrected chi connectivity index (χ1v) is 9.63. The van der Waals surface area contributed by atoms with Crippen molar-refractivity contribution in [3.63, 3.8) is 0 Å². The molecule has 0 spiro atoms. The molecule has 2 heterocycles. The molecule has 0 aliphatic carbocycles. The van der Waals surface area contributed by atoms with Crippen LogP contribution in [-0.4, -0.2) is 59.9 Å². The van der Waals surface area contributed by atoms with Crippen LogP contribution in [0, 0.1) is 5.41 Å². The van der Waals surface area contributed by atoms with E-state index in [1.54, 1.807) is 0 Å². The van der Waals surface area contributed by atoms with Crippen molar-refractivity contribution in [2.24, 2.45) is 11.1 Å². The van der Waals surface area contributed by atoms with E-state index in [4.69, 9.17) is 5.73 Å². The molecule has 1 unspecified atom stereocenters. The van der Waals surface area contributed by atoms with Gasteiger partial charge in [-0.05, 0) is 36.1 Å². The molecule has 2 aliphatic heterocycles. The largest absolute Gasteiger partial charge is 0.338 e. The van der Waals surface area contributed by atoms with Gasteiger partial charge < -0.3 is 10.6 Å². The summed E-state index contributed by atoms with van der Waals surface area (Å²) in [7, 11) is 0. The first kappa shape index (κ1) is 16.8. The quantitative estimate of drug-likeness (QED) is 0.916. The second kappa shape index (κ2) is 7.24. The van der Waals surface area contributed by atoms with Gasteiger partial charge in [0.2, 0.25) is 0 Å². The summed E-state index contributed by atoms with van der Waals surface area (Å²) < 4.78 is 0. The Morgan fingerprint density at radius 1 is 1.22 bits per heavy atom. The molecule has 2 saturated heterocycles. The summed E-state index contributed by atoms with van der Waals surface area (Å²) in [5.41, 5.74) is 8.01. The third kappa shape index (κ3) is 4.08. The minimum Gasteiger partial charge on any atom is -0.338 e. The van der Waals surface area contributed by atoms with Crippen molar-refractivity contribution in [3.05, 3.63) is 35.4 Å². The van der Waals surface area contributed by atoms with Gasteiger partial charge in [0.15, 0.2) is 0 Å². The summed E-state index contributed by atoms with van der Waals surface area (Å²) in [6.45, 7) is 7.72. The zero-order valence-electron chi connectivity index (χ0n) is 14.0. The molecule has 2 fully saturated rings. The summed E-state index contributed by atoms with van der Waals surface area (Å²) in [5.74, 6) is 2.60. The fraction of sp³-hybridized carbons (Fsp3) is 0.611. The maximum absolute atomic E-state index is 12.6. The number of carbonyl (C=O) groups excluding carboxylic acids is 1. The van der Waals surface area contributed by atoms with Crippen molar-refractivity contribution in [3.8, 4) is 0 Å². The van der Waals surface area contributed by atoms with Crippen LogP contribution in [0.25, 0.3) is 0 Å². The third-order valence-electron chi connectivity index (χ3n) is 5.05. The van der Waals surface area contributed by atoms with Crippen LogP contribution >= 0.6 is 11.8 Å². The van der Waals surface area contributed by atoms with Crippen LogP contribution < -0.4 is 5.73 Å². The Kier molecular flexibility index (Phi) is 5.29. The minimum absolute atomic E-state index is 0.0852. The van der Waals surface area contributed by atoms with Crippen LogP contribution in [0.15, 0.2) is 24.3 Å². The van der Waals surface area contributed by atoms with Gasteiger partial charge in [-0.15, -0.1) is 0 Å². The lowest BCUT2D eigenvalue weighted by Crippen LogP contribution is -2.34. The number of rotatable bonds is 4. The zero-order valence-corrected chi connectivity index (χ0v) is 14.8. The molecule has 1 atom stereocenters. The van der Waals surface area contributed by atoms with Gasteiger partial charge in [0.25, 0.3) is 5.91 Å². The monoisotopic (exact) mass is 333 g/mol. The van der Waals surface area contributed by atoms with Crippen LogP contribution in [-0.2, 0) is 6.54 Å². The lowest BCUT2D eigenvalue weighted by Gasteiger charge is -2.26. The number of thioether (sulfide) groups is 1. The van der Waals surface area contributed by atoms with E-state index in [9.17, 15) is 4.79 Å². The molecule has 0 aromatic heterocycles. The fourth-order valence-electron chi connectivity index (χ4n) is 3.32. The van der Waals surface area contributed by atoms with E-state index in [0.29, 0.717) is 6.54 Å². The number of hydrogen-bond acceptors (Lipinski definition) is 4. The molecular formula is C18H27N3OS. The Morgan fingerprint density at radius 2 is 1.91 bits per heavy atom. The molecule has 0 bridgehead atoms. The van der Waals surface area contributed by atoms with E-state index in [0.717, 1.165) is 44.7 Å². The van der Waals surface area contributed by atoms with Crippen molar-refractivity contribution >= 4 is 17.7 Å². The molecular weight excluding hydrogens is 306 g/mol. The Balaban J connectivity index is 1.59. The van der Waals surface area contributed by atoms with Crippen molar-refractivity contribution in [2.45, 2.75) is 19.9 Å². The highest BCUT2D eigenvalue weighted by Crippen LogP contribution is 2.29. The van der Waals surface area contributed by atoms with Crippen LogP contribution in [0.5, 0.6) is 0 Å². The topological polar surface area (TPSA) is 49.6 Å². The maximum atomic E-state index is 12.6. The van der Waals surface area contributed by atoms with Crippen LogP contribution in [0.2, 0.25) is 0 Å². The highest BCUT2D eigenvalue weighted by Gasteiger charge is 2.35. The predicted molar refractivity (Wildman–Crippen MR) is 96.7 cm³/mol. The zero-order chi connectivity index (χ0) is 16.3. The summed E-state index contributed by atoms with van der Waals surface area (Å²) in [6, 6.07) is 8.17. The molecule has 1 aromatic rings. The molecule has 0 radical (unpaired) electrons. The van der Waals surface area contributed by atoms with Crippen LogP contribution in [0.1, 0.15) is 29.3 Å². The van der Waals surface area contributed by atoms with E-state index in [1.807, 2.05) is 28.8 Å². The normalized spacial score (nSPS) is 25.7. The maximum Gasteiger partial charge on any atom is 0.253 e. The smallest absolute Gasteiger partial charge is 0.253 e. The van der Waals surface area contributed by atoms with Crippen LogP contribution in [0.4, 0.5) is 0 Å². The number of amides is 1. The average Bonchev–Trinajstić information content (AvgIpc) is 2.99. The number of carbonyl (C=O) groups is 1. The van der Waals surface area contributed by atoms with E-state index in [1.165, 1.54) is 17.1 Å².